The fraction of sp³-hybridized carbons (Fsp3) is 0.333. The molecule has 2 aromatic heterocycles. The van der Waals surface area contributed by atoms with Crippen LogP contribution in [0.2, 0.25) is 0 Å². The summed E-state index contributed by atoms with van der Waals surface area (Å²) in [4.78, 5) is 15.1. The van der Waals surface area contributed by atoms with Crippen molar-refractivity contribution in [3.8, 4) is 11.5 Å². The molecule has 3 aromatic rings. The molecule has 0 atom stereocenters. The molecule has 24 heavy (non-hydrogen) atoms. The third kappa shape index (κ3) is 2.92. The Balaban J connectivity index is 1.39. The fourth-order valence-electron chi connectivity index (χ4n) is 2.99. The molecular formula is C18H19N5O. The first-order valence-corrected chi connectivity index (χ1v) is 8.07. The van der Waals surface area contributed by atoms with E-state index in [0.29, 0.717) is 23.3 Å². The number of nitrogens with zero attached hydrogens (tertiary/aromatic N) is 5. The highest BCUT2D eigenvalue weighted by molar-refractivity contribution is 5.45. The van der Waals surface area contributed by atoms with Crippen molar-refractivity contribution in [3.63, 3.8) is 0 Å². The van der Waals surface area contributed by atoms with Crippen molar-refractivity contribution in [2.75, 3.05) is 13.1 Å². The topological polar surface area (TPSA) is 67.9 Å². The Morgan fingerprint density at radius 2 is 2.08 bits per heavy atom. The maximum absolute atomic E-state index is 5.41. The van der Waals surface area contributed by atoms with Gasteiger partial charge in [-0.05, 0) is 25.0 Å². The van der Waals surface area contributed by atoms with E-state index >= 15 is 0 Å². The first-order chi connectivity index (χ1) is 11.7. The monoisotopic (exact) mass is 321 g/mol. The Bertz CT molecular complexity index is 840. The molecule has 0 amide bonds. The van der Waals surface area contributed by atoms with Gasteiger partial charge < -0.3 is 4.52 Å². The summed E-state index contributed by atoms with van der Waals surface area (Å²) in [7, 11) is 0. The maximum atomic E-state index is 5.41. The zero-order valence-corrected chi connectivity index (χ0v) is 13.8. The van der Waals surface area contributed by atoms with E-state index in [9.17, 15) is 0 Å². The molecule has 122 valence electrons. The van der Waals surface area contributed by atoms with Crippen LogP contribution in [0.4, 0.5) is 0 Å². The van der Waals surface area contributed by atoms with E-state index in [4.69, 9.17) is 4.52 Å². The summed E-state index contributed by atoms with van der Waals surface area (Å²) in [6.07, 6.45) is 4.89. The Morgan fingerprint density at radius 1 is 1.21 bits per heavy atom. The zero-order chi connectivity index (χ0) is 16.5. The van der Waals surface area contributed by atoms with Gasteiger partial charge in [-0.25, -0.2) is 4.98 Å². The van der Waals surface area contributed by atoms with Gasteiger partial charge in [-0.1, -0.05) is 28.9 Å². The van der Waals surface area contributed by atoms with E-state index in [-0.39, 0.29) is 0 Å². The van der Waals surface area contributed by atoms with Crippen molar-refractivity contribution >= 4 is 0 Å². The third-order valence-corrected chi connectivity index (χ3v) is 4.44. The Morgan fingerprint density at radius 3 is 2.88 bits per heavy atom. The highest BCUT2D eigenvalue weighted by Crippen LogP contribution is 2.29. The summed E-state index contributed by atoms with van der Waals surface area (Å²) in [5.41, 5.74) is 4.67. The molecule has 0 radical (unpaired) electrons. The van der Waals surface area contributed by atoms with E-state index < -0.39 is 0 Å². The van der Waals surface area contributed by atoms with Crippen LogP contribution in [0.25, 0.3) is 11.5 Å². The van der Waals surface area contributed by atoms with Crippen molar-refractivity contribution in [2.24, 2.45) is 0 Å². The molecule has 4 rings (SSSR count). The maximum Gasteiger partial charge on any atom is 0.232 e. The minimum Gasteiger partial charge on any atom is -0.339 e. The second kappa shape index (κ2) is 6.13. The summed E-state index contributed by atoms with van der Waals surface area (Å²) in [5.74, 6) is 1.49. The summed E-state index contributed by atoms with van der Waals surface area (Å²) in [6, 6.07) is 6.61. The molecular weight excluding hydrogens is 302 g/mol. The number of hydrogen-bond acceptors (Lipinski definition) is 6. The lowest BCUT2D eigenvalue weighted by molar-refractivity contribution is 0.117. The second-order valence-electron chi connectivity index (χ2n) is 6.37. The lowest BCUT2D eigenvalue weighted by Crippen LogP contribution is -2.44. The Kier molecular flexibility index (Phi) is 3.82. The highest BCUT2D eigenvalue weighted by atomic mass is 16.5. The standard InChI is InChI=1S/C18H19N5O/c1-12-3-4-13(2)14(7-12)9-23-10-15(11-23)18-21-17(22-24-18)16-8-19-5-6-20-16/h3-8,15H,9-11H2,1-2H3. The Labute approximate surface area is 140 Å². The molecule has 0 spiro atoms. The molecule has 0 saturated carbocycles. The van der Waals surface area contributed by atoms with Gasteiger partial charge in [0.15, 0.2) is 0 Å². The van der Waals surface area contributed by atoms with E-state index in [1.165, 1.54) is 16.7 Å². The average Bonchev–Trinajstić information content (AvgIpc) is 3.04. The summed E-state index contributed by atoms with van der Waals surface area (Å²) < 4.78 is 5.41. The van der Waals surface area contributed by atoms with Crippen LogP contribution in [0.5, 0.6) is 0 Å². The number of benzene rings is 1. The lowest BCUT2D eigenvalue weighted by atomic mass is 9.97. The SMILES string of the molecule is Cc1ccc(C)c(CN2CC(c3nc(-c4cnccn4)no3)C2)c1. The number of likely N-dealkylation sites (tertiary alicyclic amines) is 1. The second-order valence-corrected chi connectivity index (χ2v) is 6.37. The highest BCUT2D eigenvalue weighted by Gasteiger charge is 2.32. The van der Waals surface area contributed by atoms with Gasteiger partial charge in [0, 0.05) is 32.0 Å². The third-order valence-electron chi connectivity index (χ3n) is 4.44. The van der Waals surface area contributed by atoms with E-state index in [2.05, 4.69) is 57.1 Å². The van der Waals surface area contributed by atoms with Crippen LogP contribution < -0.4 is 0 Å². The van der Waals surface area contributed by atoms with Crippen LogP contribution in [0.15, 0.2) is 41.3 Å². The zero-order valence-electron chi connectivity index (χ0n) is 13.8. The minimum atomic E-state index is 0.299. The molecule has 1 aliphatic heterocycles. The predicted octanol–water partition coefficient (Wildman–Crippen LogP) is 2.74. The summed E-state index contributed by atoms with van der Waals surface area (Å²) in [6.45, 7) is 7.14. The van der Waals surface area contributed by atoms with E-state index in [0.717, 1.165) is 19.6 Å². The van der Waals surface area contributed by atoms with Gasteiger partial charge in [0.1, 0.15) is 5.69 Å². The molecule has 0 unspecified atom stereocenters. The van der Waals surface area contributed by atoms with Crippen molar-refractivity contribution in [3.05, 3.63) is 59.4 Å². The first kappa shape index (κ1) is 15.0. The van der Waals surface area contributed by atoms with Gasteiger partial charge in [-0.3, -0.25) is 9.88 Å². The average molecular weight is 321 g/mol. The smallest absolute Gasteiger partial charge is 0.232 e. The van der Waals surface area contributed by atoms with Crippen LogP contribution >= 0.6 is 0 Å². The van der Waals surface area contributed by atoms with Crippen LogP contribution in [0.3, 0.4) is 0 Å². The fourth-order valence-corrected chi connectivity index (χ4v) is 2.99. The van der Waals surface area contributed by atoms with Gasteiger partial charge in [0.2, 0.25) is 11.7 Å². The molecule has 6 nitrogen and oxygen atoms in total. The number of aryl methyl sites for hydroxylation is 2. The number of rotatable bonds is 4. The van der Waals surface area contributed by atoms with Crippen LogP contribution in [0.1, 0.15) is 28.5 Å². The molecule has 1 fully saturated rings. The number of hydrogen-bond donors (Lipinski definition) is 0. The molecule has 1 aromatic carbocycles. The van der Waals surface area contributed by atoms with Crippen LogP contribution in [0, 0.1) is 13.8 Å². The van der Waals surface area contributed by atoms with E-state index in [1.807, 2.05) is 0 Å². The molecule has 3 heterocycles. The van der Waals surface area contributed by atoms with Gasteiger partial charge in [-0.15, -0.1) is 0 Å². The molecule has 6 heteroatoms. The van der Waals surface area contributed by atoms with Crippen LogP contribution in [-0.4, -0.2) is 38.1 Å². The van der Waals surface area contributed by atoms with Crippen molar-refractivity contribution < 1.29 is 4.52 Å². The molecule has 0 aliphatic carbocycles. The van der Waals surface area contributed by atoms with Gasteiger partial charge >= 0.3 is 0 Å². The lowest BCUT2D eigenvalue weighted by Gasteiger charge is -2.37. The van der Waals surface area contributed by atoms with Gasteiger partial charge in [0.05, 0.1) is 12.1 Å². The van der Waals surface area contributed by atoms with Crippen molar-refractivity contribution in [1.29, 1.82) is 0 Å². The first-order valence-electron chi connectivity index (χ1n) is 8.07. The summed E-state index contributed by atoms with van der Waals surface area (Å²) >= 11 is 0. The van der Waals surface area contributed by atoms with Gasteiger partial charge in [-0.2, -0.15) is 4.98 Å². The van der Waals surface area contributed by atoms with Crippen molar-refractivity contribution in [2.45, 2.75) is 26.3 Å². The molecule has 0 bridgehead atoms. The molecule has 1 saturated heterocycles. The molecule has 1 aliphatic rings. The van der Waals surface area contributed by atoms with Crippen LogP contribution in [-0.2, 0) is 6.54 Å². The largest absolute Gasteiger partial charge is 0.339 e. The minimum absolute atomic E-state index is 0.299. The summed E-state index contributed by atoms with van der Waals surface area (Å²) in [5, 5.41) is 4.02. The molecule has 0 N–H and O–H groups in total. The predicted molar refractivity (Wildman–Crippen MR) is 89.3 cm³/mol. The van der Waals surface area contributed by atoms with Gasteiger partial charge in [0.25, 0.3) is 0 Å². The quantitative estimate of drug-likeness (QED) is 0.736. The van der Waals surface area contributed by atoms with Crippen molar-refractivity contribution in [1.82, 2.24) is 25.0 Å². The normalized spacial score (nSPS) is 15.4. The Hall–Kier alpha value is -2.60. The van der Waals surface area contributed by atoms with E-state index in [1.54, 1.807) is 18.6 Å². The number of aromatic nitrogens is 4.